The summed E-state index contributed by atoms with van der Waals surface area (Å²) in [6, 6.07) is 18.2. The van der Waals surface area contributed by atoms with Crippen molar-refractivity contribution in [2.45, 2.75) is 4.90 Å². The van der Waals surface area contributed by atoms with Crippen molar-refractivity contribution in [3.8, 4) is 5.75 Å². The minimum absolute atomic E-state index is 0.131. The van der Waals surface area contributed by atoms with Crippen LogP contribution >= 0.6 is 0 Å². The number of methoxy groups -OCH3 is 1. The van der Waals surface area contributed by atoms with Gasteiger partial charge in [-0.3, -0.25) is 3.97 Å². The number of hydrogen-bond donors (Lipinski definition) is 1. The third-order valence-corrected chi connectivity index (χ3v) is 5.73. The number of aromatic nitrogens is 1. The van der Waals surface area contributed by atoms with Gasteiger partial charge < -0.3 is 9.84 Å². The zero-order valence-electron chi connectivity index (χ0n) is 13.9. The van der Waals surface area contributed by atoms with Crippen molar-refractivity contribution in [1.82, 2.24) is 3.97 Å². The van der Waals surface area contributed by atoms with E-state index < -0.39 is 17.0 Å². The van der Waals surface area contributed by atoms with E-state index in [1.807, 2.05) is 24.3 Å². The van der Waals surface area contributed by atoms with Crippen molar-refractivity contribution in [2.24, 2.45) is 0 Å². The number of benzene rings is 3. The van der Waals surface area contributed by atoms with E-state index in [1.54, 1.807) is 43.5 Å². The second-order valence-electron chi connectivity index (χ2n) is 5.75. The van der Waals surface area contributed by atoms with Crippen molar-refractivity contribution < 1.29 is 18.8 Å². The Morgan fingerprint density at radius 1 is 0.962 bits per heavy atom. The topological polar surface area (TPSA) is 68.5 Å². The van der Waals surface area contributed by atoms with E-state index in [2.05, 4.69) is 0 Å². The first-order chi connectivity index (χ1) is 12.6. The van der Waals surface area contributed by atoms with Gasteiger partial charge in [0.2, 0.25) is 0 Å². The summed E-state index contributed by atoms with van der Waals surface area (Å²) < 4.78 is 20.2. The van der Waals surface area contributed by atoms with Crippen LogP contribution in [0.3, 0.4) is 0 Å². The summed E-state index contributed by atoms with van der Waals surface area (Å²) in [5, 5.41) is 11.7. The van der Waals surface area contributed by atoms with Crippen molar-refractivity contribution in [2.75, 3.05) is 7.11 Å². The van der Waals surface area contributed by atoms with Gasteiger partial charge in [-0.15, -0.1) is 0 Å². The summed E-state index contributed by atoms with van der Waals surface area (Å²) in [6.45, 7) is 0. The number of para-hydroxylation sites is 1. The van der Waals surface area contributed by atoms with Crippen LogP contribution in [0.25, 0.3) is 21.7 Å². The molecule has 0 aliphatic rings. The average molecular weight is 365 g/mol. The SMILES string of the molecule is COc1ccc(S(=O)n2cc(C(=O)O)c3ccccc32)c2ccccc12. The maximum absolute atomic E-state index is 13.4. The van der Waals surface area contributed by atoms with E-state index in [0.29, 0.717) is 21.5 Å². The van der Waals surface area contributed by atoms with Crippen LogP contribution in [0.1, 0.15) is 10.4 Å². The first-order valence-electron chi connectivity index (χ1n) is 7.93. The fourth-order valence-corrected chi connectivity index (χ4v) is 4.44. The third-order valence-electron chi connectivity index (χ3n) is 4.34. The number of carboxylic acids is 1. The molecule has 6 heteroatoms. The molecule has 1 unspecified atom stereocenters. The Hall–Kier alpha value is -3.12. The molecule has 0 amide bonds. The number of fused-ring (bicyclic) bond motifs is 2. The summed E-state index contributed by atoms with van der Waals surface area (Å²) in [4.78, 5) is 12.2. The Labute approximate surface area is 152 Å². The Morgan fingerprint density at radius 2 is 1.62 bits per heavy atom. The first kappa shape index (κ1) is 16.4. The van der Waals surface area contributed by atoms with Gasteiger partial charge in [0.05, 0.1) is 23.1 Å². The van der Waals surface area contributed by atoms with Gasteiger partial charge in [-0.25, -0.2) is 9.00 Å². The summed E-state index contributed by atoms with van der Waals surface area (Å²) >= 11 is 0. The number of rotatable bonds is 4. The van der Waals surface area contributed by atoms with Crippen molar-refractivity contribution in [3.63, 3.8) is 0 Å². The predicted molar refractivity (Wildman–Crippen MR) is 101 cm³/mol. The van der Waals surface area contributed by atoms with Crippen LogP contribution in [0.5, 0.6) is 5.75 Å². The second kappa shape index (κ2) is 6.31. The van der Waals surface area contributed by atoms with Gasteiger partial charge in [0.1, 0.15) is 5.75 Å². The summed E-state index contributed by atoms with van der Waals surface area (Å²) in [5.74, 6) is -0.346. The maximum Gasteiger partial charge on any atom is 0.337 e. The monoisotopic (exact) mass is 365 g/mol. The quantitative estimate of drug-likeness (QED) is 0.592. The molecule has 0 bridgehead atoms. The van der Waals surface area contributed by atoms with E-state index in [1.165, 1.54) is 10.2 Å². The van der Waals surface area contributed by atoms with E-state index in [-0.39, 0.29) is 5.56 Å². The molecule has 4 rings (SSSR count). The van der Waals surface area contributed by atoms with Crippen LogP contribution in [-0.2, 0) is 11.0 Å². The molecule has 0 spiro atoms. The molecular formula is C20H15NO4S. The van der Waals surface area contributed by atoms with E-state index >= 15 is 0 Å². The van der Waals surface area contributed by atoms with Gasteiger partial charge in [0.15, 0.2) is 11.0 Å². The molecule has 3 aromatic carbocycles. The molecule has 26 heavy (non-hydrogen) atoms. The predicted octanol–water partition coefficient (Wildman–Crippen LogP) is 4.07. The number of aromatic carboxylic acids is 1. The lowest BCUT2D eigenvalue weighted by atomic mass is 10.1. The normalized spacial score (nSPS) is 12.3. The molecule has 0 fully saturated rings. The molecule has 1 heterocycles. The Balaban J connectivity index is 1.97. The number of carbonyl (C=O) groups is 1. The molecule has 1 aromatic heterocycles. The van der Waals surface area contributed by atoms with Crippen LogP contribution in [0.15, 0.2) is 71.8 Å². The van der Waals surface area contributed by atoms with Gasteiger partial charge in [0.25, 0.3) is 0 Å². The molecule has 1 N–H and O–H groups in total. The van der Waals surface area contributed by atoms with Gasteiger partial charge in [-0.05, 0) is 18.2 Å². The van der Waals surface area contributed by atoms with Crippen LogP contribution in [0, 0.1) is 0 Å². The van der Waals surface area contributed by atoms with E-state index in [9.17, 15) is 14.1 Å². The van der Waals surface area contributed by atoms with Gasteiger partial charge in [-0.2, -0.15) is 0 Å². The Morgan fingerprint density at radius 3 is 2.31 bits per heavy atom. The molecule has 0 saturated heterocycles. The smallest absolute Gasteiger partial charge is 0.337 e. The minimum Gasteiger partial charge on any atom is -0.496 e. The van der Waals surface area contributed by atoms with Gasteiger partial charge >= 0.3 is 5.97 Å². The zero-order chi connectivity index (χ0) is 18.3. The highest BCUT2D eigenvalue weighted by molar-refractivity contribution is 7.84. The minimum atomic E-state index is -1.60. The molecule has 4 aromatic rings. The Kier molecular flexibility index (Phi) is 3.97. The molecule has 0 saturated carbocycles. The number of nitrogens with zero attached hydrogens (tertiary/aromatic N) is 1. The summed E-state index contributed by atoms with van der Waals surface area (Å²) in [5.41, 5.74) is 0.745. The van der Waals surface area contributed by atoms with Crippen molar-refractivity contribution in [1.29, 1.82) is 0 Å². The summed E-state index contributed by atoms with van der Waals surface area (Å²) in [7, 11) is -0.00987. The molecule has 130 valence electrons. The number of ether oxygens (including phenoxy) is 1. The maximum atomic E-state index is 13.4. The molecule has 0 aliphatic carbocycles. The largest absolute Gasteiger partial charge is 0.496 e. The standard InChI is InChI=1S/C20H15NO4S/c1-25-18-10-11-19(15-8-3-2-7-14(15)18)26(24)21-12-16(20(22)23)13-6-4-5-9-17(13)21/h2-12H,1H3,(H,22,23). The number of carboxylic acid groups (broad SMARTS) is 1. The van der Waals surface area contributed by atoms with Crippen LogP contribution in [-0.4, -0.2) is 26.4 Å². The second-order valence-corrected chi connectivity index (χ2v) is 7.08. The summed E-state index contributed by atoms with van der Waals surface area (Å²) in [6.07, 6.45) is 1.43. The third kappa shape index (κ3) is 2.46. The lowest BCUT2D eigenvalue weighted by Crippen LogP contribution is -2.05. The zero-order valence-corrected chi connectivity index (χ0v) is 14.7. The number of hydrogen-bond acceptors (Lipinski definition) is 3. The van der Waals surface area contributed by atoms with Gasteiger partial charge in [-0.1, -0.05) is 42.5 Å². The highest BCUT2D eigenvalue weighted by Gasteiger charge is 2.19. The van der Waals surface area contributed by atoms with E-state index in [4.69, 9.17) is 4.74 Å². The molecule has 0 aliphatic heterocycles. The first-order valence-corrected chi connectivity index (χ1v) is 9.04. The lowest BCUT2D eigenvalue weighted by Gasteiger charge is -2.11. The van der Waals surface area contributed by atoms with Gasteiger partial charge in [0, 0.05) is 22.4 Å². The van der Waals surface area contributed by atoms with Crippen LogP contribution < -0.4 is 4.74 Å². The fourth-order valence-electron chi connectivity index (χ4n) is 3.14. The van der Waals surface area contributed by atoms with Crippen molar-refractivity contribution in [3.05, 3.63) is 72.4 Å². The van der Waals surface area contributed by atoms with Crippen molar-refractivity contribution >= 4 is 38.6 Å². The molecule has 0 radical (unpaired) electrons. The fraction of sp³-hybridized carbons (Fsp3) is 0.0500. The molecular weight excluding hydrogens is 350 g/mol. The highest BCUT2D eigenvalue weighted by atomic mass is 32.2. The average Bonchev–Trinajstić information content (AvgIpc) is 3.06. The van der Waals surface area contributed by atoms with E-state index in [0.717, 1.165) is 10.8 Å². The lowest BCUT2D eigenvalue weighted by molar-refractivity contribution is 0.0699. The highest BCUT2D eigenvalue weighted by Crippen LogP contribution is 2.32. The van der Waals surface area contributed by atoms with Crippen LogP contribution in [0.2, 0.25) is 0 Å². The molecule has 5 nitrogen and oxygen atoms in total. The molecule has 1 atom stereocenters. The Bertz CT molecular complexity index is 1180. The van der Waals surface area contributed by atoms with Crippen LogP contribution in [0.4, 0.5) is 0 Å².